The number of thiophene rings is 1. The van der Waals surface area contributed by atoms with E-state index in [2.05, 4.69) is 29.1 Å². The lowest BCUT2D eigenvalue weighted by atomic mass is 9.96. The Labute approximate surface area is 100 Å². The molecule has 0 aliphatic carbocycles. The molecule has 3 atom stereocenters. The summed E-state index contributed by atoms with van der Waals surface area (Å²) in [5, 5.41) is 17.9. The van der Waals surface area contributed by atoms with Crippen molar-refractivity contribution in [2.45, 2.75) is 38.0 Å². The molecule has 16 heavy (non-hydrogen) atoms. The van der Waals surface area contributed by atoms with Crippen LogP contribution in [-0.4, -0.2) is 30.0 Å². The zero-order valence-electron chi connectivity index (χ0n) is 9.77. The number of hydrogen-bond donors (Lipinski definition) is 2. The Balaban J connectivity index is 1.87. The van der Waals surface area contributed by atoms with E-state index in [1.165, 1.54) is 5.56 Å². The molecule has 1 aliphatic heterocycles. The van der Waals surface area contributed by atoms with Gasteiger partial charge in [0, 0.05) is 25.6 Å². The second-order valence-corrected chi connectivity index (χ2v) is 5.31. The zero-order valence-corrected chi connectivity index (χ0v) is 10.6. The normalized spacial score (nSPS) is 31.8. The number of rotatable bonds is 4. The Morgan fingerprint density at radius 2 is 2.56 bits per heavy atom. The highest BCUT2D eigenvalue weighted by Crippen LogP contribution is 2.26. The number of ether oxygens (including phenoxy) is 1. The monoisotopic (exact) mass is 241 g/mol. The molecule has 2 rings (SSSR count). The van der Waals surface area contributed by atoms with Crippen molar-refractivity contribution in [1.29, 1.82) is 0 Å². The summed E-state index contributed by atoms with van der Waals surface area (Å²) in [5.41, 5.74) is 0.574. The SMILES string of the molecule is CC(NCC1(O)CCOC1C)c1ccsc1. The summed E-state index contributed by atoms with van der Waals surface area (Å²) in [6.07, 6.45) is 0.645. The molecule has 1 aliphatic rings. The van der Waals surface area contributed by atoms with Crippen LogP contribution in [0.2, 0.25) is 0 Å². The third kappa shape index (κ3) is 2.46. The standard InChI is InChI=1S/C12H19NO2S/c1-9(11-3-6-16-7-11)13-8-12(14)4-5-15-10(12)2/h3,6-7,9-10,13-14H,4-5,8H2,1-2H3. The fourth-order valence-corrected chi connectivity index (χ4v) is 2.73. The summed E-state index contributed by atoms with van der Waals surface area (Å²) in [6, 6.07) is 2.39. The van der Waals surface area contributed by atoms with E-state index in [9.17, 15) is 5.11 Å². The molecule has 0 saturated carbocycles. The fraction of sp³-hybridized carbons (Fsp3) is 0.667. The lowest BCUT2D eigenvalue weighted by Crippen LogP contribution is -2.46. The maximum Gasteiger partial charge on any atom is 0.105 e. The molecule has 0 aromatic carbocycles. The third-order valence-electron chi connectivity index (χ3n) is 3.42. The molecule has 2 heterocycles. The first-order valence-electron chi connectivity index (χ1n) is 5.71. The van der Waals surface area contributed by atoms with E-state index in [0.29, 0.717) is 13.2 Å². The minimum atomic E-state index is -0.704. The van der Waals surface area contributed by atoms with Crippen molar-refractivity contribution in [1.82, 2.24) is 5.32 Å². The van der Waals surface area contributed by atoms with E-state index in [0.717, 1.165) is 6.42 Å². The molecule has 3 unspecified atom stereocenters. The summed E-state index contributed by atoms with van der Waals surface area (Å²) >= 11 is 1.70. The van der Waals surface area contributed by atoms with Crippen LogP contribution in [0.4, 0.5) is 0 Å². The van der Waals surface area contributed by atoms with Crippen molar-refractivity contribution in [3.8, 4) is 0 Å². The largest absolute Gasteiger partial charge is 0.386 e. The Morgan fingerprint density at radius 1 is 1.75 bits per heavy atom. The van der Waals surface area contributed by atoms with Gasteiger partial charge < -0.3 is 15.2 Å². The molecular formula is C12H19NO2S. The minimum absolute atomic E-state index is 0.0744. The van der Waals surface area contributed by atoms with Gasteiger partial charge in [0.15, 0.2) is 0 Å². The molecule has 1 fully saturated rings. The number of nitrogens with one attached hydrogen (secondary N) is 1. The van der Waals surface area contributed by atoms with Crippen LogP contribution in [0.15, 0.2) is 16.8 Å². The van der Waals surface area contributed by atoms with Gasteiger partial charge in [0.25, 0.3) is 0 Å². The first-order chi connectivity index (χ1) is 7.62. The molecular weight excluding hydrogens is 222 g/mol. The smallest absolute Gasteiger partial charge is 0.105 e. The van der Waals surface area contributed by atoms with E-state index >= 15 is 0 Å². The van der Waals surface area contributed by atoms with Gasteiger partial charge in [-0.1, -0.05) is 0 Å². The van der Waals surface area contributed by atoms with Crippen LogP contribution in [0.3, 0.4) is 0 Å². The van der Waals surface area contributed by atoms with Crippen molar-refractivity contribution in [2.75, 3.05) is 13.2 Å². The van der Waals surface area contributed by atoms with Gasteiger partial charge in [-0.2, -0.15) is 11.3 Å². The van der Waals surface area contributed by atoms with Crippen molar-refractivity contribution in [2.24, 2.45) is 0 Å². The van der Waals surface area contributed by atoms with E-state index in [1.807, 2.05) is 6.92 Å². The van der Waals surface area contributed by atoms with Crippen LogP contribution >= 0.6 is 11.3 Å². The summed E-state index contributed by atoms with van der Waals surface area (Å²) in [5.74, 6) is 0. The molecule has 3 nitrogen and oxygen atoms in total. The highest BCUT2D eigenvalue weighted by atomic mass is 32.1. The Bertz CT molecular complexity index is 328. The second-order valence-electron chi connectivity index (χ2n) is 4.53. The van der Waals surface area contributed by atoms with Gasteiger partial charge >= 0.3 is 0 Å². The molecule has 90 valence electrons. The maximum absolute atomic E-state index is 10.3. The lowest BCUT2D eigenvalue weighted by molar-refractivity contribution is -0.0274. The van der Waals surface area contributed by atoms with E-state index in [-0.39, 0.29) is 12.1 Å². The Kier molecular flexibility index (Phi) is 3.64. The fourth-order valence-electron chi connectivity index (χ4n) is 1.97. The topological polar surface area (TPSA) is 41.5 Å². The van der Waals surface area contributed by atoms with Crippen LogP contribution in [0.5, 0.6) is 0 Å². The molecule has 4 heteroatoms. The average Bonchev–Trinajstić information content (AvgIpc) is 2.87. The van der Waals surface area contributed by atoms with E-state index < -0.39 is 5.60 Å². The lowest BCUT2D eigenvalue weighted by Gasteiger charge is -2.28. The van der Waals surface area contributed by atoms with Crippen LogP contribution in [0.1, 0.15) is 31.9 Å². The number of aliphatic hydroxyl groups is 1. The summed E-state index contributed by atoms with van der Waals surface area (Å²) in [6.45, 7) is 5.30. The maximum atomic E-state index is 10.3. The van der Waals surface area contributed by atoms with Crippen molar-refractivity contribution in [3.63, 3.8) is 0 Å². The van der Waals surface area contributed by atoms with E-state index in [4.69, 9.17) is 4.74 Å². The first kappa shape index (κ1) is 12.0. The third-order valence-corrected chi connectivity index (χ3v) is 4.12. The van der Waals surface area contributed by atoms with Crippen LogP contribution in [0, 0.1) is 0 Å². The predicted molar refractivity (Wildman–Crippen MR) is 65.7 cm³/mol. The van der Waals surface area contributed by atoms with Gasteiger partial charge in [0.05, 0.1) is 6.10 Å². The minimum Gasteiger partial charge on any atom is -0.386 e. The van der Waals surface area contributed by atoms with Crippen molar-refractivity contribution < 1.29 is 9.84 Å². The number of hydrogen-bond acceptors (Lipinski definition) is 4. The molecule has 0 bridgehead atoms. The predicted octanol–water partition coefficient (Wildman–Crippen LogP) is 1.94. The van der Waals surface area contributed by atoms with Gasteiger partial charge in [-0.3, -0.25) is 0 Å². The first-order valence-corrected chi connectivity index (χ1v) is 6.65. The van der Waals surface area contributed by atoms with Crippen LogP contribution in [0.25, 0.3) is 0 Å². The van der Waals surface area contributed by atoms with Gasteiger partial charge in [-0.15, -0.1) is 0 Å². The Morgan fingerprint density at radius 3 is 3.12 bits per heavy atom. The molecule has 1 aromatic rings. The van der Waals surface area contributed by atoms with E-state index in [1.54, 1.807) is 11.3 Å². The molecule has 0 radical (unpaired) electrons. The van der Waals surface area contributed by atoms with Gasteiger partial charge in [-0.25, -0.2) is 0 Å². The van der Waals surface area contributed by atoms with Gasteiger partial charge in [0.1, 0.15) is 5.60 Å². The van der Waals surface area contributed by atoms with Gasteiger partial charge in [0.2, 0.25) is 0 Å². The second kappa shape index (κ2) is 4.84. The van der Waals surface area contributed by atoms with Crippen molar-refractivity contribution in [3.05, 3.63) is 22.4 Å². The molecule has 1 aromatic heterocycles. The molecule has 0 spiro atoms. The summed E-state index contributed by atoms with van der Waals surface area (Å²) in [4.78, 5) is 0. The average molecular weight is 241 g/mol. The van der Waals surface area contributed by atoms with Crippen molar-refractivity contribution >= 4 is 11.3 Å². The van der Waals surface area contributed by atoms with Gasteiger partial charge in [-0.05, 0) is 36.2 Å². The quantitative estimate of drug-likeness (QED) is 0.846. The Hall–Kier alpha value is -0.420. The molecule has 2 N–H and O–H groups in total. The summed E-state index contributed by atoms with van der Waals surface area (Å²) in [7, 11) is 0. The van der Waals surface area contributed by atoms with Crippen LogP contribution < -0.4 is 5.32 Å². The zero-order chi connectivity index (χ0) is 11.6. The highest BCUT2D eigenvalue weighted by molar-refractivity contribution is 7.07. The molecule has 1 saturated heterocycles. The summed E-state index contributed by atoms with van der Waals surface area (Å²) < 4.78 is 5.40. The highest BCUT2D eigenvalue weighted by Gasteiger charge is 2.39. The molecule has 0 amide bonds. The van der Waals surface area contributed by atoms with Crippen LogP contribution in [-0.2, 0) is 4.74 Å².